The van der Waals surface area contributed by atoms with Crippen LogP contribution in [0, 0.1) is 0 Å². The molecule has 1 aliphatic heterocycles. The molecular weight excluding hydrogens is 382 g/mol. The molecule has 30 heavy (non-hydrogen) atoms. The molecule has 0 spiro atoms. The molecule has 1 N–H and O–H groups in total. The molecule has 1 aromatic heterocycles. The zero-order valence-corrected chi connectivity index (χ0v) is 17.9. The van der Waals surface area contributed by atoms with Gasteiger partial charge in [-0.1, -0.05) is 18.6 Å². The molecule has 1 fully saturated rings. The van der Waals surface area contributed by atoms with E-state index >= 15 is 0 Å². The summed E-state index contributed by atoms with van der Waals surface area (Å²) in [6, 6.07) is 8.43. The number of benzene rings is 1. The number of carboxylic acid groups (broad SMARTS) is 1. The van der Waals surface area contributed by atoms with Gasteiger partial charge in [0.2, 0.25) is 0 Å². The normalized spacial score (nSPS) is 16.7. The molecule has 2 aliphatic rings. The monoisotopic (exact) mass is 411 g/mol. The molecule has 0 atom stereocenters. The molecule has 0 saturated heterocycles. The molecule has 4 rings (SSSR count). The van der Waals surface area contributed by atoms with Crippen LogP contribution in [0.15, 0.2) is 24.3 Å². The lowest BCUT2D eigenvalue weighted by Crippen LogP contribution is -2.40. The number of ether oxygens (including phenoxy) is 1. The van der Waals surface area contributed by atoms with Gasteiger partial charge in [-0.15, -0.1) is 0 Å². The maximum absolute atomic E-state index is 12.5. The zero-order valence-electron chi connectivity index (χ0n) is 17.9. The summed E-state index contributed by atoms with van der Waals surface area (Å²) in [5.41, 5.74) is 4.01. The largest absolute Gasteiger partial charge is 0.481 e. The molecule has 0 bridgehead atoms. The van der Waals surface area contributed by atoms with Crippen molar-refractivity contribution in [3.05, 3.63) is 46.8 Å². The van der Waals surface area contributed by atoms with Gasteiger partial charge in [-0.2, -0.15) is 5.10 Å². The number of carbonyl (C=O) groups is 2. The van der Waals surface area contributed by atoms with Crippen molar-refractivity contribution in [1.82, 2.24) is 14.7 Å². The number of carbonyl (C=O) groups excluding carboxylic acids is 1. The van der Waals surface area contributed by atoms with E-state index in [-0.39, 0.29) is 12.5 Å². The summed E-state index contributed by atoms with van der Waals surface area (Å²) in [5, 5.41) is 14.0. The summed E-state index contributed by atoms with van der Waals surface area (Å²) in [6.45, 7) is 6.33. The van der Waals surface area contributed by atoms with E-state index < -0.39 is 11.6 Å². The molecule has 1 saturated carbocycles. The Kier molecular flexibility index (Phi) is 5.30. The maximum Gasteiger partial charge on any atom is 0.410 e. The number of aromatic nitrogens is 2. The minimum atomic E-state index is -0.933. The molecule has 7 nitrogen and oxygen atoms in total. The standard InChI is InChI=1S/C23H29N3O4/c1-23(2,3)30-22(29)25-12-11-20-18(14-25)19(13-21(27)28)24-26(20)17-9-7-16(8-10-17)15-5-4-6-15/h7-10,15H,4-6,11-14H2,1-3H3,(H,27,28). The van der Waals surface area contributed by atoms with E-state index in [1.54, 1.807) is 4.90 Å². The van der Waals surface area contributed by atoms with Gasteiger partial charge in [0.1, 0.15) is 5.60 Å². The number of amides is 1. The number of fused-ring (bicyclic) bond motifs is 1. The highest BCUT2D eigenvalue weighted by atomic mass is 16.6. The van der Waals surface area contributed by atoms with Gasteiger partial charge >= 0.3 is 12.1 Å². The van der Waals surface area contributed by atoms with Crippen LogP contribution in [0.3, 0.4) is 0 Å². The Balaban J connectivity index is 1.62. The lowest BCUT2D eigenvalue weighted by molar-refractivity contribution is -0.136. The Morgan fingerprint density at radius 2 is 1.90 bits per heavy atom. The van der Waals surface area contributed by atoms with Crippen LogP contribution < -0.4 is 0 Å². The third-order valence-electron chi connectivity index (χ3n) is 5.83. The number of carboxylic acids is 1. The average Bonchev–Trinajstić information content (AvgIpc) is 2.97. The molecule has 1 amide bonds. The van der Waals surface area contributed by atoms with Crippen LogP contribution in [-0.2, 0) is 28.9 Å². The summed E-state index contributed by atoms with van der Waals surface area (Å²) in [7, 11) is 0. The maximum atomic E-state index is 12.5. The van der Waals surface area contributed by atoms with Crippen molar-refractivity contribution in [2.24, 2.45) is 0 Å². The highest BCUT2D eigenvalue weighted by molar-refractivity contribution is 5.71. The second-order valence-corrected chi connectivity index (χ2v) is 9.23. The predicted molar refractivity (Wildman–Crippen MR) is 112 cm³/mol. The van der Waals surface area contributed by atoms with Crippen LogP contribution in [0.25, 0.3) is 5.69 Å². The van der Waals surface area contributed by atoms with Crippen LogP contribution >= 0.6 is 0 Å². The van der Waals surface area contributed by atoms with Crippen molar-refractivity contribution in [1.29, 1.82) is 0 Å². The predicted octanol–water partition coefficient (Wildman–Crippen LogP) is 4.06. The van der Waals surface area contributed by atoms with Gasteiger partial charge in [0, 0.05) is 18.5 Å². The van der Waals surface area contributed by atoms with Gasteiger partial charge in [0.15, 0.2) is 0 Å². The van der Waals surface area contributed by atoms with E-state index in [4.69, 9.17) is 4.74 Å². The number of aliphatic carboxylic acids is 1. The van der Waals surface area contributed by atoms with Gasteiger partial charge in [0.25, 0.3) is 0 Å². The van der Waals surface area contributed by atoms with Crippen molar-refractivity contribution < 1.29 is 19.4 Å². The minimum absolute atomic E-state index is 0.169. The third kappa shape index (κ3) is 4.20. The molecule has 0 radical (unpaired) electrons. The highest BCUT2D eigenvalue weighted by Gasteiger charge is 2.31. The van der Waals surface area contributed by atoms with E-state index in [0.717, 1.165) is 16.9 Å². The molecule has 7 heteroatoms. The quantitative estimate of drug-likeness (QED) is 0.820. The van der Waals surface area contributed by atoms with Gasteiger partial charge in [0.05, 0.1) is 30.0 Å². The lowest BCUT2D eigenvalue weighted by Gasteiger charge is -2.30. The van der Waals surface area contributed by atoms with Crippen LogP contribution in [0.1, 0.15) is 68.5 Å². The Morgan fingerprint density at radius 3 is 2.47 bits per heavy atom. The Bertz CT molecular complexity index is 952. The number of hydrogen-bond donors (Lipinski definition) is 1. The Labute approximate surface area is 176 Å². The summed E-state index contributed by atoms with van der Waals surface area (Å²) < 4.78 is 7.35. The Hall–Kier alpha value is -2.83. The van der Waals surface area contributed by atoms with Crippen LogP contribution in [0.4, 0.5) is 4.79 Å². The molecule has 1 aliphatic carbocycles. The molecular formula is C23H29N3O4. The van der Waals surface area contributed by atoms with Crippen molar-refractivity contribution in [2.75, 3.05) is 6.54 Å². The molecule has 0 unspecified atom stereocenters. The van der Waals surface area contributed by atoms with Crippen molar-refractivity contribution in [3.8, 4) is 5.69 Å². The molecule has 1 aromatic carbocycles. The van der Waals surface area contributed by atoms with E-state index in [2.05, 4.69) is 29.4 Å². The summed E-state index contributed by atoms with van der Waals surface area (Å²) in [6.07, 6.45) is 3.85. The average molecular weight is 412 g/mol. The minimum Gasteiger partial charge on any atom is -0.481 e. The van der Waals surface area contributed by atoms with Crippen LogP contribution in [0.2, 0.25) is 0 Å². The molecule has 160 valence electrons. The van der Waals surface area contributed by atoms with Gasteiger partial charge in [-0.05, 0) is 57.2 Å². The first kappa shape index (κ1) is 20.4. The Morgan fingerprint density at radius 1 is 1.20 bits per heavy atom. The van der Waals surface area contributed by atoms with Crippen LogP contribution in [0.5, 0.6) is 0 Å². The number of rotatable bonds is 4. The SMILES string of the molecule is CC(C)(C)OC(=O)N1CCc2c(c(CC(=O)O)nn2-c2ccc(C3CCC3)cc2)C1. The molecule has 2 heterocycles. The van der Waals surface area contributed by atoms with Crippen molar-refractivity contribution in [2.45, 2.75) is 70.9 Å². The van der Waals surface area contributed by atoms with Gasteiger partial charge in [-0.25, -0.2) is 9.48 Å². The summed E-state index contributed by atoms with van der Waals surface area (Å²) in [4.78, 5) is 25.6. The van der Waals surface area contributed by atoms with Gasteiger partial charge < -0.3 is 14.7 Å². The second kappa shape index (κ2) is 7.78. The molecule has 2 aromatic rings. The fraction of sp³-hybridized carbons (Fsp3) is 0.522. The van der Waals surface area contributed by atoms with E-state index in [1.165, 1.54) is 24.8 Å². The van der Waals surface area contributed by atoms with Crippen molar-refractivity contribution >= 4 is 12.1 Å². The van der Waals surface area contributed by atoms with E-state index in [1.807, 2.05) is 25.5 Å². The number of hydrogen-bond acceptors (Lipinski definition) is 4. The third-order valence-corrected chi connectivity index (χ3v) is 5.83. The smallest absolute Gasteiger partial charge is 0.410 e. The first-order valence-electron chi connectivity index (χ1n) is 10.6. The fourth-order valence-electron chi connectivity index (χ4n) is 4.10. The summed E-state index contributed by atoms with van der Waals surface area (Å²) in [5.74, 6) is -0.271. The van der Waals surface area contributed by atoms with Crippen molar-refractivity contribution in [3.63, 3.8) is 0 Å². The zero-order chi connectivity index (χ0) is 21.5. The van der Waals surface area contributed by atoms with E-state index in [0.29, 0.717) is 31.1 Å². The highest BCUT2D eigenvalue weighted by Crippen LogP contribution is 2.36. The van der Waals surface area contributed by atoms with Gasteiger partial charge in [-0.3, -0.25) is 4.79 Å². The first-order valence-corrected chi connectivity index (χ1v) is 10.6. The first-order chi connectivity index (χ1) is 14.2. The number of nitrogens with zero attached hydrogens (tertiary/aromatic N) is 3. The lowest BCUT2D eigenvalue weighted by atomic mass is 9.80. The fourth-order valence-corrected chi connectivity index (χ4v) is 4.10. The van der Waals surface area contributed by atoms with E-state index in [9.17, 15) is 14.7 Å². The topological polar surface area (TPSA) is 84.7 Å². The van der Waals surface area contributed by atoms with Crippen LogP contribution in [-0.4, -0.2) is 44.0 Å². The summed E-state index contributed by atoms with van der Waals surface area (Å²) >= 11 is 0. The second-order valence-electron chi connectivity index (χ2n) is 9.23.